The van der Waals surface area contributed by atoms with E-state index >= 15 is 0 Å². The number of fused-ring (bicyclic) bond motifs is 5. The molecule has 0 unspecified atom stereocenters. The summed E-state index contributed by atoms with van der Waals surface area (Å²) in [5.74, 6) is 2.93. The van der Waals surface area contributed by atoms with Crippen LogP contribution in [0, 0.1) is 28.6 Å². The van der Waals surface area contributed by atoms with Crippen LogP contribution in [-0.4, -0.2) is 11.0 Å². The average molecular weight is 349 g/mol. The Morgan fingerprint density at radius 2 is 2.00 bits per heavy atom. The Morgan fingerprint density at radius 1 is 1.12 bits per heavy atom. The first-order valence-corrected chi connectivity index (χ1v) is 10.0. The molecule has 1 aliphatic heterocycles. The minimum Gasteiger partial charge on any atom is -0.431 e. The van der Waals surface area contributed by atoms with Gasteiger partial charge in [0.15, 0.2) is 0 Å². The second-order valence-electron chi connectivity index (χ2n) is 9.12. The summed E-state index contributed by atoms with van der Waals surface area (Å²) in [7, 11) is 0. The Kier molecular flexibility index (Phi) is 3.47. The van der Waals surface area contributed by atoms with E-state index in [1.165, 1.54) is 30.4 Å². The molecule has 26 heavy (non-hydrogen) atoms. The first-order valence-electron chi connectivity index (χ1n) is 10.0. The number of allylic oxidation sites excluding steroid dienone is 4. The standard InChI is InChI=1S/C23H27NO2/c1-22-11-9-19-16(5-8-20-23(19,2)12-10-21(25)26-20)18(22)7-6-17(22)15-4-3-13-24-14-15/h3-4,6,8,13-14,16,18-19H,5,7,9-12H2,1-2H3/t16-,18-,19-,22+,23+/m0/s1. The summed E-state index contributed by atoms with van der Waals surface area (Å²) in [6.45, 7) is 4.82. The van der Waals surface area contributed by atoms with Crippen molar-refractivity contribution >= 4 is 11.5 Å². The quantitative estimate of drug-likeness (QED) is 0.658. The molecule has 3 aliphatic carbocycles. The zero-order valence-corrected chi connectivity index (χ0v) is 15.7. The van der Waals surface area contributed by atoms with Gasteiger partial charge in [0, 0.05) is 24.2 Å². The van der Waals surface area contributed by atoms with E-state index in [1.54, 1.807) is 0 Å². The van der Waals surface area contributed by atoms with Crippen LogP contribution < -0.4 is 0 Å². The predicted octanol–water partition coefficient (Wildman–Crippen LogP) is 5.15. The average Bonchev–Trinajstić information content (AvgIpc) is 3.00. The van der Waals surface area contributed by atoms with Crippen LogP contribution in [0.2, 0.25) is 0 Å². The molecule has 4 aliphatic rings. The van der Waals surface area contributed by atoms with Gasteiger partial charge in [0.25, 0.3) is 0 Å². The molecule has 3 heteroatoms. The lowest BCUT2D eigenvalue weighted by molar-refractivity contribution is -0.151. The highest BCUT2D eigenvalue weighted by Crippen LogP contribution is 2.65. The van der Waals surface area contributed by atoms with Gasteiger partial charge in [0.2, 0.25) is 0 Å². The van der Waals surface area contributed by atoms with Gasteiger partial charge in [-0.3, -0.25) is 9.78 Å². The van der Waals surface area contributed by atoms with Crippen LogP contribution in [0.4, 0.5) is 0 Å². The van der Waals surface area contributed by atoms with E-state index < -0.39 is 0 Å². The second kappa shape index (κ2) is 5.55. The van der Waals surface area contributed by atoms with Crippen LogP contribution in [0.25, 0.3) is 5.57 Å². The topological polar surface area (TPSA) is 39.2 Å². The maximum absolute atomic E-state index is 11.8. The van der Waals surface area contributed by atoms with Crippen LogP contribution in [0.15, 0.2) is 42.4 Å². The number of carbonyl (C=O) groups excluding carboxylic acids is 1. The van der Waals surface area contributed by atoms with Crippen molar-refractivity contribution in [3.63, 3.8) is 0 Å². The maximum Gasteiger partial charge on any atom is 0.310 e. The SMILES string of the molecule is C[C@]12CCC(=O)OC1=CC[C@@H]1[C@@H]2CC[C@]2(C)C(c3cccnc3)=CC[C@@H]12. The maximum atomic E-state index is 11.8. The van der Waals surface area contributed by atoms with Crippen LogP contribution in [0.3, 0.4) is 0 Å². The number of rotatable bonds is 1. The summed E-state index contributed by atoms with van der Waals surface area (Å²) in [5.41, 5.74) is 3.09. The highest BCUT2D eigenvalue weighted by molar-refractivity contribution is 5.73. The molecule has 1 saturated carbocycles. The summed E-state index contributed by atoms with van der Waals surface area (Å²) < 4.78 is 5.67. The highest BCUT2D eigenvalue weighted by atomic mass is 16.5. The molecule has 5 rings (SSSR count). The van der Waals surface area contributed by atoms with Crippen molar-refractivity contribution in [1.29, 1.82) is 0 Å². The van der Waals surface area contributed by atoms with E-state index in [2.05, 4.69) is 37.0 Å². The van der Waals surface area contributed by atoms with Gasteiger partial charge in [-0.15, -0.1) is 0 Å². The van der Waals surface area contributed by atoms with E-state index in [-0.39, 0.29) is 16.8 Å². The van der Waals surface area contributed by atoms with Gasteiger partial charge >= 0.3 is 5.97 Å². The molecule has 3 nitrogen and oxygen atoms in total. The number of pyridine rings is 1. The summed E-state index contributed by atoms with van der Waals surface area (Å²) >= 11 is 0. The first kappa shape index (κ1) is 16.3. The lowest BCUT2D eigenvalue weighted by Gasteiger charge is -2.56. The molecule has 5 atom stereocenters. The van der Waals surface area contributed by atoms with E-state index in [9.17, 15) is 4.79 Å². The molecule has 1 aromatic rings. The third-order valence-corrected chi connectivity index (χ3v) is 8.02. The largest absolute Gasteiger partial charge is 0.431 e. The van der Waals surface area contributed by atoms with Crippen LogP contribution in [-0.2, 0) is 9.53 Å². The number of hydrogen-bond acceptors (Lipinski definition) is 3. The smallest absolute Gasteiger partial charge is 0.310 e. The fourth-order valence-electron chi connectivity index (χ4n) is 6.61. The molecule has 0 aromatic carbocycles. The summed E-state index contributed by atoms with van der Waals surface area (Å²) in [5, 5.41) is 0. The number of nitrogens with zero attached hydrogens (tertiary/aromatic N) is 1. The minimum atomic E-state index is -0.0470. The molecule has 0 bridgehead atoms. The molecule has 0 radical (unpaired) electrons. The summed E-state index contributed by atoms with van der Waals surface area (Å²) in [6.07, 6.45) is 14.8. The number of ether oxygens (including phenoxy) is 1. The molecule has 2 fully saturated rings. The van der Waals surface area contributed by atoms with Crippen molar-refractivity contribution in [3.8, 4) is 0 Å². The van der Waals surface area contributed by atoms with Crippen molar-refractivity contribution in [2.45, 2.75) is 52.4 Å². The van der Waals surface area contributed by atoms with Gasteiger partial charge in [-0.25, -0.2) is 0 Å². The zero-order valence-electron chi connectivity index (χ0n) is 15.7. The molecule has 2 heterocycles. The Morgan fingerprint density at radius 3 is 2.81 bits per heavy atom. The normalized spacial score (nSPS) is 41.3. The van der Waals surface area contributed by atoms with Crippen LogP contribution in [0.1, 0.15) is 57.9 Å². The van der Waals surface area contributed by atoms with Gasteiger partial charge < -0.3 is 4.74 Å². The first-order chi connectivity index (χ1) is 12.5. The molecule has 0 spiro atoms. The Labute approximate surface area is 155 Å². The molecule has 1 aromatic heterocycles. The van der Waals surface area contributed by atoms with E-state index in [0.29, 0.717) is 24.2 Å². The molecular weight excluding hydrogens is 322 g/mol. The summed E-state index contributed by atoms with van der Waals surface area (Å²) in [4.78, 5) is 16.1. The third kappa shape index (κ3) is 2.12. The predicted molar refractivity (Wildman–Crippen MR) is 101 cm³/mol. The molecule has 136 valence electrons. The Hall–Kier alpha value is -1.90. The molecule has 1 saturated heterocycles. The van der Waals surface area contributed by atoms with Crippen molar-refractivity contribution in [1.82, 2.24) is 4.98 Å². The number of carbonyl (C=O) groups is 1. The van der Waals surface area contributed by atoms with Gasteiger partial charge in [-0.1, -0.05) is 26.0 Å². The van der Waals surface area contributed by atoms with Crippen molar-refractivity contribution in [3.05, 3.63) is 48.0 Å². The van der Waals surface area contributed by atoms with E-state index in [1.807, 2.05) is 18.5 Å². The van der Waals surface area contributed by atoms with Gasteiger partial charge in [0.05, 0.1) is 0 Å². The Balaban J connectivity index is 1.49. The minimum absolute atomic E-state index is 0.0470. The third-order valence-electron chi connectivity index (χ3n) is 8.02. The Bertz CT molecular complexity index is 811. The van der Waals surface area contributed by atoms with Crippen LogP contribution in [0.5, 0.6) is 0 Å². The zero-order chi connectivity index (χ0) is 17.9. The van der Waals surface area contributed by atoms with Gasteiger partial charge in [-0.2, -0.15) is 0 Å². The van der Waals surface area contributed by atoms with Gasteiger partial charge in [-0.05, 0) is 78.6 Å². The number of aromatic nitrogens is 1. The summed E-state index contributed by atoms with van der Waals surface area (Å²) in [6, 6.07) is 4.25. The lowest BCUT2D eigenvalue weighted by Crippen LogP contribution is -2.49. The molecule has 0 amide bonds. The monoisotopic (exact) mass is 349 g/mol. The fourth-order valence-corrected chi connectivity index (χ4v) is 6.61. The molecule has 0 N–H and O–H groups in total. The van der Waals surface area contributed by atoms with Crippen LogP contribution >= 0.6 is 0 Å². The fraction of sp³-hybridized carbons (Fsp3) is 0.565. The van der Waals surface area contributed by atoms with Crippen molar-refractivity contribution in [2.24, 2.45) is 28.6 Å². The van der Waals surface area contributed by atoms with Crippen molar-refractivity contribution < 1.29 is 9.53 Å². The van der Waals surface area contributed by atoms with Gasteiger partial charge in [0.1, 0.15) is 5.76 Å². The number of esters is 1. The second-order valence-corrected chi connectivity index (χ2v) is 9.12. The highest BCUT2D eigenvalue weighted by Gasteiger charge is 2.57. The van der Waals surface area contributed by atoms with Crippen molar-refractivity contribution in [2.75, 3.05) is 0 Å². The van der Waals surface area contributed by atoms with E-state index in [4.69, 9.17) is 4.74 Å². The lowest BCUT2D eigenvalue weighted by atomic mass is 9.49. The van der Waals surface area contributed by atoms with E-state index in [0.717, 1.165) is 18.6 Å². The molecular formula is C23H27NO2. The number of hydrogen-bond donors (Lipinski definition) is 0.